The van der Waals surface area contributed by atoms with Crippen molar-refractivity contribution in [3.63, 3.8) is 0 Å². The van der Waals surface area contributed by atoms with Crippen LogP contribution in [0.15, 0.2) is 24.3 Å². The third-order valence-corrected chi connectivity index (χ3v) is 2.27. The van der Waals surface area contributed by atoms with Gasteiger partial charge in [-0.2, -0.15) is 0 Å². The lowest BCUT2D eigenvalue weighted by Gasteiger charge is -2.07. The van der Waals surface area contributed by atoms with Gasteiger partial charge in [0.25, 0.3) is 0 Å². The quantitative estimate of drug-likeness (QED) is 0.450. The highest BCUT2D eigenvalue weighted by molar-refractivity contribution is 5.77. The van der Waals surface area contributed by atoms with Crippen LogP contribution < -0.4 is 15.8 Å². The van der Waals surface area contributed by atoms with Gasteiger partial charge in [0.1, 0.15) is 19.0 Å². The first-order valence-electron chi connectivity index (χ1n) is 7.73. The minimum absolute atomic E-state index is 0.0303. The Labute approximate surface area is 144 Å². The van der Waals surface area contributed by atoms with Gasteiger partial charge >= 0.3 is 0 Å². The molecule has 0 aliphatic rings. The van der Waals surface area contributed by atoms with E-state index in [-0.39, 0.29) is 18.9 Å². The minimum atomic E-state index is -0.168. The van der Waals surface area contributed by atoms with Crippen molar-refractivity contribution in [2.45, 2.75) is 27.7 Å². The SMILES string of the molecule is CC.CC#CCNC(=O)COCCOc1cccc(C)c1.NC=O. The fourth-order valence-corrected chi connectivity index (χ4v) is 1.37. The van der Waals surface area contributed by atoms with Gasteiger partial charge in [-0.1, -0.05) is 31.9 Å². The molecule has 0 spiro atoms. The van der Waals surface area contributed by atoms with E-state index in [0.717, 1.165) is 11.3 Å². The Hall–Kier alpha value is -2.52. The number of carbonyl (C=O) groups excluding carboxylic acids is 2. The van der Waals surface area contributed by atoms with E-state index in [1.54, 1.807) is 6.92 Å². The topological polar surface area (TPSA) is 90.7 Å². The lowest BCUT2D eigenvalue weighted by atomic mass is 10.2. The van der Waals surface area contributed by atoms with Crippen molar-refractivity contribution in [1.29, 1.82) is 0 Å². The summed E-state index contributed by atoms with van der Waals surface area (Å²) in [5.74, 6) is 6.09. The Morgan fingerprint density at radius 3 is 2.58 bits per heavy atom. The number of primary amides is 1. The molecule has 0 saturated carbocycles. The van der Waals surface area contributed by atoms with Crippen LogP contribution in [0.2, 0.25) is 0 Å². The maximum Gasteiger partial charge on any atom is 0.246 e. The summed E-state index contributed by atoms with van der Waals surface area (Å²) in [5.41, 5.74) is 5.31. The summed E-state index contributed by atoms with van der Waals surface area (Å²) in [6, 6.07) is 7.79. The fourth-order valence-electron chi connectivity index (χ4n) is 1.37. The zero-order valence-corrected chi connectivity index (χ0v) is 14.9. The Bertz CT molecular complexity index is 507. The van der Waals surface area contributed by atoms with Crippen molar-refractivity contribution < 1.29 is 19.1 Å². The molecule has 6 nitrogen and oxygen atoms in total. The van der Waals surface area contributed by atoms with Crippen molar-refractivity contribution in [3.8, 4) is 17.6 Å². The first-order valence-corrected chi connectivity index (χ1v) is 7.73. The lowest BCUT2D eigenvalue weighted by Crippen LogP contribution is -2.28. The number of hydrogen-bond acceptors (Lipinski definition) is 4. The molecule has 0 bridgehead atoms. The van der Waals surface area contributed by atoms with Gasteiger partial charge < -0.3 is 20.5 Å². The second-order valence-corrected chi connectivity index (χ2v) is 4.06. The molecule has 6 heteroatoms. The summed E-state index contributed by atoms with van der Waals surface area (Å²) in [6.07, 6.45) is 0.250. The number of nitrogens with two attached hydrogens (primary N) is 1. The Kier molecular flexibility index (Phi) is 18.3. The molecule has 0 aliphatic carbocycles. The minimum Gasteiger partial charge on any atom is -0.491 e. The number of carbonyl (C=O) groups is 2. The number of benzene rings is 1. The molecule has 3 N–H and O–H groups in total. The zero-order chi connectivity index (χ0) is 18.6. The van der Waals surface area contributed by atoms with E-state index < -0.39 is 0 Å². The summed E-state index contributed by atoms with van der Waals surface area (Å²) in [5, 5.41) is 2.62. The molecule has 0 aliphatic heterocycles. The third kappa shape index (κ3) is 15.9. The maximum atomic E-state index is 11.3. The van der Waals surface area contributed by atoms with Crippen LogP contribution in [-0.2, 0) is 14.3 Å². The largest absolute Gasteiger partial charge is 0.491 e. The van der Waals surface area contributed by atoms with Crippen molar-refractivity contribution >= 4 is 12.3 Å². The summed E-state index contributed by atoms with van der Waals surface area (Å²) in [6.45, 7) is 8.92. The number of ether oxygens (including phenoxy) is 2. The molecule has 0 fully saturated rings. The molecule has 0 saturated heterocycles. The number of aryl methyl sites for hydroxylation is 1. The maximum absolute atomic E-state index is 11.3. The average molecular weight is 336 g/mol. The van der Waals surface area contributed by atoms with E-state index in [0.29, 0.717) is 19.8 Å². The zero-order valence-electron chi connectivity index (χ0n) is 14.9. The van der Waals surface area contributed by atoms with Crippen molar-refractivity contribution in [2.75, 3.05) is 26.4 Å². The van der Waals surface area contributed by atoms with E-state index in [2.05, 4.69) is 22.9 Å². The van der Waals surface area contributed by atoms with E-state index in [9.17, 15) is 4.79 Å². The van der Waals surface area contributed by atoms with Crippen LogP contribution in [0, 0.1) is 18.8 Å². The summed E-state index contributed by atoms with van der Waals surface area (Å²) in [4.78, 5) is 19.8. The smallest absolute Gasteiger partial charge is 0.246 e. The normalized spacial score (nSPS) is 8.17. The van der Waals surface area contributed by atoms with Crippen molar-refractivity contribution in [2.24, 2.45) is 5.73 Å². The number of hydrogen-bond donors (Lipinski definition) is 2. The number of rotatable bonds is 7. The predicted octanol–water partition coefficient (Wildman–Crippen LogP) is 1.66. The van der Waals surface area contributed by atoms with Crippen LogP contribution in [0.4, 0.5) is 0 Å². The second-order valence-electron chi connectivity index (χ2n) is 4.06. The van der Waals surface area contributed by atoms with Gasteiger partial charge in [-0.25, -0.2) is 0 Å². The lowest BCUT2D eigenvalue weighted by molar-refractivity contribution is -0.125. The van der Waals surface area contributed by atoms with Gasteiger partial charge in [-0.3, -0.25) is 9.59 Å². The van der Waals surface area contributed by atoms with Crippen LogP contribution in [0.3, 0.4) is 0 Å². The fraction of sp³-hybridized carbons (Fsp3) is 0.444. The highest BCUT2D eigenvalue weighted by atomic mass is 16.5. The molecule has 0 unspecified atom stereocenters. The molecule has 134 valence electrons. The van der Waals surface area contributed by atoms with E-state index in [1.807, 2.05) is 45.0 Å². The molecule has 1 aromatic carbocycles. The molecule has 0 heterocycles. The van der Waals surface area contributed by atoms with Gasteiger partial charge in [-0.15, -0.1) is 5.92 Å². The van der Waals surface area contributed by atoms with Crippen LogP contribution in [0.5, 0.6) is 5.75 Å². The summed E-state index contributed by atoms with van der Waals surface area (Å²) < 4.78 is 10.7. The van der Waals surface area contributed by atoms with Gasteiger partial charge in [0.15, 0.2) is 0 Å². The molecule has 1 rings (SSSR count). The Balaban J connectivity index is 0. The predicted molar refractivity (Wildman–Crippen MR) is 95.6 cm³/mol. The molecular formula is C18H28N2O4. The van der Waals surface area contributed by atoms with Crippen molar-refractivity contribution in [1.82, 2.24) is 5.32 Å². The van der Waals surface area contributed by atoms with Gasteiger partial charge in [0.05, 0.1) is 13.2 Å². The highest BCUT2D eigenvalue weighted by Gasteiger charge is 1.99. The molecular weight excluding hydrogens is 308 g/mol. The van der Waals surface area contributed by atoms with Crippen molar-refractivity contribution in [3.05, 3.63) is 29.8 Å². The van der Waals surface area contributed by atoms with Crippen LogP contribution in [0.25, 0.3) is 0 Å². The van der Waals surface area contributed by atoms with Crippen LogP contribution in [-0.4, -0.2) is 38.7 Å². The monoisotopic (exact) mass is 336 g/mol. The Morgan fingerprint density at radius 2 is 2.00 bits per heavy atom. The molecule has 0 atom stereocenters. The molecule has 24 heavy (non-hydrogen) atoms. The highest BCUT2D eigenvalue weighted by Crippen LogP contribution is 2.11. The van der Waals surface area contributed by atoms with E-state index in [4.69, 9.17) is 14.3 Å². The van der Waals surface area contributed by atoms with E-state index in [1.165, 1.54) is 0 Å². The van der Waals surface area contributed by atoms with Gasteiger partial charge in [0, 0.05) is 0 Å². The first kappa shape index (κ1) is 23.7. The summed E-state index contributed by atoms with van der Waals surface area (Å²) in [7, 11) is 0. The third-order valence-electron chi connectivity index (χ3n) is 2.27. The van der Waals surface area contributed by atoms with E-state index >= 15 is 0 Å². The second kappa shape index (κ2) is 18.5. The summed E-state index contributed by atoms with van der Waals surface area (Å²) >= 11 is 0. The van der Waals surface area contributed by atoms with Crippen LogP contribution in [0.1, 0.15) is 26.3 Å². The number of amides is 2. The van der Waals surface area contributed by atoms with Crippen LogP contribution >= 0.6 is 0 Å². The molecule has 0 aromatic heterocycles. The van der Waals surface area contributed by atoms with Gasteiger partial charge in [-0.05, 0) is 31.5 Å². The molecule has 0 radical (unpaired) electrons. The van der Waals surface area contributed by atoms with Gasteiger partial charge in [0.2, 0.25) is 12.3 Å². The molecule has 1 aromatic rings. The molecule has 2 amide bonds. The average Bonchev–Trinajstić information content (AvgIpc) is 2.57. The Morgan fingerprint density at radius 1 is 1.33 bits per heavy atom. The first-order chi connectivity index (χ1) is 11.6. The standard InChI is InChI=1S/C15H19NO3.C2H6.CH3NO/c1-3-4-8-16-15(17)12-18-9-10-19-14-7-5-6-13(2)11-14;1-2;2-1-3/h5-7,11H,8-10,12H2,1-2H3,(H,16,17);1-2H3;1H,(H2,2,3). The number of nitrogens with one attached hydrogen (secondary N) is 1.